The summed E-state index contributed by atoms with van der Waals surface area (Å²) in [5.41, 5.74) is 6.48. The molecule has 0 fully saturated rings. The van der Waals surface area contributed by atoms with Gasteiger partial charge >= 0.3 is 0 Å². The number of carbonyl (C=O) groups excluding carboxylic acids is 1. The molecule has 16 heavy (non-hydrogen) atoms. The largest absolute Gasteiger partial charge is 0.384 e. The summed E-state index contributed by atoms with van der Waals surface area (Å²) < 4.78 is 0. The second kappa shape index (κ2) is 4.90. The Morgan fingerprint density at radius 2 is 2.25 bits per heavy atom. The number of anilines is 1. The number of rotatable bonds is 4. The predicted molar refractivity (Wildman–Crippen MR) is 65.4 cm³/mol. The fourth-order valence-corrected chi connectivity index (χ4v) is 2.24. The second-order valence-corrected chi connectivity index (χ2v) is 4.59. The fraction of sp³-hybridized carbons (Fsp3) is 0.167. The van der Waals surface area contributed by atoms with E-state index < -0.39 is 0 Å². The van der Waals surface area contributed by atoms with E-state index in [1.807, 2.05) is 23.6 Å². The standard InChI is InChI=1S/C12H12N2OS/c13-12-7-9(3-4-14-12)6-10(15)8-11-2-1-5-16-11/h1-5,7H,6,8H2,(H2,13,14). The van der Waals surface area contributed by atoms with Crippen molar-refractivity contribution in [2.75, 3.05) is 5.73 Å². The van der Waals surface area contributed by atoms with Crippen molar-refractivity contribution in [2.45, 2.75) is 12.8 Å². The highest BCUT2D eigenvalue weighted by atomic mass is 32.1. The van der Waals surface area contributed by atoms with Gasteiger partial charge in [-0.05, 0) is 29.1 Å². The van der Waals surface area contributed by atoms with Gasteiger partial charge < -0.3 is 5.73 Å². The van der Waals surface area contributed by atoms with E-state index in [2.05, 4.69) is 4.98 Å². The number of Topliss-reactive ketones (excluding diaryl/α,β-unsaturated/α-hetero) is 1. The van der Waals surface area contributed by atoms with E-state index in [-0.39, 0.29) is 5.78 Å². The Morgan fingerprint density at radius 3 is 2.94 bits per heavy atom. The van der Waals surface area contributed by atoms with Crippen LogP contribution in [0.3, 0.4) is 0 Å². The summed E-state index contributed by atoms with van der Waals surface area (Å²) in [5.74, 6) is 0.662. The van der Waals surface area contributed by atoms with Gasteiger partial charge in [-0.2, -0.15) is 0 Å². The van der Waals surface area contributed by atoms with Crippen LogP contribution in [0.1, 0.15) is 10.4 Å². The smallest absolute Gasteiger partial charge is 0.142 e. The summed E-state index contributed by atoms with van der Waals surface area (Å²) >= 11 is 1.61. The molecule has 2 aromatic heterocycles. The quantitative estimate of drug-likeness (QED) is 0.878. The molecule has 82 valence electrons. The van der Waals surface area contributed by atoms with Gasteiger partial charge in [0.2, 0.25) is 0 Å². The Balaban J connectivity index is 1.97. The minimum absolute atomic E-state index is 0.202. The van der Waals surface area contributed by atoms with Crippen LogP contribution in [0.2, 0.25) is 0 Å². The normalized spacial score (nSPS) is 10.2. The third-order valence-corrected chi connectivity index (χ3v) is 3.07. The van der Waals surface area contributed by atoms with Crippen LogP contribution >= 0.6 is 11.3 Å². The Morgan fingerprint density at radius 1 is 1.38 bits per heavy atom. The molecule has 2 aromatic rings. The monoisotopic (exact) mass is 232 g/mol. The van der Waals surface area contributed by atoms with E-state index in [9.17, 15) is 4.79 Å². The molecule has 2 N–H and O–H groups in total. The number of aromatic nitrogens is 1. The Hall–Kier alpha value is -1.68. The van der Waals surface area contributed by atoms with Crippen molar-refractivity contribution in [3.63, 3.8) is 0 Å². The van der Waals surface area contributed by atoms with E-state index in [1.165, 1.54) is 0 Å². The maximum Gasteiger partial charge on any atom is 0.142 e. The van der Waals surface area contributed by atoms with Gasteiger partial charge in [0.15, 0.2) is 0 Å². The SMILES string of the molecule is Nc1cc(CC(=O)Cc2cccs2)ccn1. The summed E-state index contributed by atoms with van der Waals surface area (Å²) in [4.78, 5) is 16.7. The lowest BCUT2D eigenvalue weighted by molar-refractivity contribution is -0.117. The number of thiophene rings is 1. The molecule has 0 radical (unpaired) electrons. The summed E-state index contributed by atoms with van der Waals surface area (Å²) in [7, 11) is 0. The molecule has 0 atom stereocenters. The molecule has 2 heterocycles. The van der Waals surface area contributed by atoms with Gasteiger partial charge in [0.05, 0.1) is 0 Å². The van der Waals surface area contributed by atoms with Crippen LogP contribution < -0.4 is 5.73 Å². The lowest BCUT2D eigenvalue weighted by Crippen LogP contribution is -2.06. The molecule has 0 saturated carbocycles. The minimum Gasteiger partial charge on any atom is -0.384 e. The molecule has 0 saturated heterocycles. The molecular formula is C12H12N2OS. The van der Waals surface area contributed by atoms with Gasteiger partial charge in [-0.25, -0.2) is 4.98 Å². The molecule has 0 aliphatic rings. The summed E-state index contributed by atoms with van der Waals surface area (Å²) in [6, 6.07) is 7.50. The summed E-state index contributed by atoms with van der Waals surface area (Å²) in [6.45, 7) is 0. The maximum atomic E-state index is 11.7. The molecule has 0 aliphatic heterocycles. The zero-order valence-electron chi connectivity index (χ0n) is 8.72. The number of carbonyl (C=O) groups is 1. The van der Waals surface area contributed by atoms with Gasteiger partial charge in [0, 0.05) is 23.9 Å². The zero-order valence-corrected chi connectivity index (χ0v) is 9.54. The van der Waals surface area contributed by atoms with Crippen LogP contribution in [-0.4, -0.2) is 10.8 Å². The van der Waals surface area contributed by atoms with Gasteiger partial charge in [-0.15, -0.1) is 11.3 Å². The van der Waals surface area contributed by atoms with E-state index >= 15 is 0 Å². The molecule has 0 unspecified atom stereocenters. The number of pyridine rings is 1. The average Bonchev–Trinajstić information content (AvgIpc) is 2.70. The molecular weight excluding hydrogens is 220 g/mol. The van der Waals surface area contributed by atoms with Crippen LogP contribution in [-0.2, 0) is 17.6 Å². The number of nitrogens with zero attached hydrogens (tertiary/aromatic N) is 1. The molecule has 0 aromatic carbocycles. The fourth-order valence-electron chi connectivity index (χ4n) is 1.50. The van der Waals surface area contributed by atoms with Crippen LogP contribution in [0.15, 0.2) is 35.8 Å². The number of ketones is 1. The predicted octanol–water partition coefficient (Wildman–Crippen LogP) is 2.08. The number of nitrogen functional groups attached to an aromatic ring is 1. The molecule has 4 heteroatoms. The molecule has 2 rings (SSSR count). The van der Waals surface area contributed by atoms with E-state index in [0.29, 0.717) is 18.7 Å². The number of nitrogens with two attached hydrogens (primary N) is 1. The highest BCUT2D eigenvalue weighted by molar-refractivity contribution is 7.10. The molecule has 0 spiro atoms. The van der Waals surface area contributed by atoms with Gasteiger partial charge in [-0.3, -0.25) is 4.79 Å². The van der Waals surface area contributed by atoms with Gasteiger partial charge in [0.25, 0.3) is 0 Å². The van der Waals surface area contributed by atoms with E-state index in [4.69, 9.17) is 5.73 Å². The highest BCUT2D eigenvalue weighted by Crippen LogP contribution is 2.11. The lowest BCUT2D eigenvalue weighted by Gasteiger charge is -2.00. The van der Waals surface area contributed by atoms with Crippen LogP contribution in [0.5, 0.6) is 0 Å². The van der Waals surface area contributed by atoms with Crippen molar-refractivity contribution in [2.24, 2.45) is 0 Å². The number of hydrogen-bond acceptors (Lipinski definition) is 4. The van der Waals surface area contributed by atoms with Crippen LogP contribution in [0.25, 0.3) is 0 Å². The Kier molecular flexibility index (Phi) is 3.31. The Labute approximate surface area is 97.9 Å². The lowest BCUT2D eigenvalue weighted by atomic mass is 10.1. The van der Waals surface area contributed by atoms with Crippen LogP contribution in [0, 0.1) is 0 Å². The Bertz CT molecular complexity index is 480. The maximum absolute atomic E-state index is 11.7. The molecule has 0 amide bonds. The molecule has 3 nitrogen and oxygen atoms in total. The average molecular weight is 232 g/mol. The van der Waals surface area contributed by atoms with E-state index in [1.54, 1.807) is 23.6 Å². The zero-order chi connectivity index (χ0) is 11.4. The molecule has 0 bridgehead atoms. The summed E-state index contributed by atoms with van der Waals surface area (Å²) in [5, 5.41) is 1.98. The van der Waals surface area contributed by atoms with Crippen molar-refractivity contribution >= 4 is 22.9 Å². The van der Waals surface area contributed by atoms with E-state index in [0.717, 1.165) is 10.4 Å². The van der Waals surface area contributed by atoms with Crippen molar-refractivity contribution < 1.29 is 4.79 Å². The first kappa shape index (κ1) is 10.8. The van der Waals surface area contributed by atoms with Gasteiger partial charge in [-0.1, -0.05) is 6.07 Å². The minimum atomic E-state index is 0.202. The third-order valence-electron chi connectivity index (χ3n) is 2.20. The summed E-state index contributed by atoms with van der Waals surface area (Å²) in [6.07, 6.45) is 2.55. The van der Waals surface area contributed by atoms with Crippen molar-refractivity contribution in [1.82, 2.24) is 4.98 Å². The highest BCUT2D eigenvalue weighted by Gasteiger charge is 2.06. The second-order valence-electron chi connectivity index (χ2n) is 3.56. The van der Waals surface area contributed by atoms with Crippen LogP contribution in [0.4, 0.5) is 5.82 Å². The van der Waals surface area contributed by atoms with Gasteiger partial charge in [0.1, 0.15) is 11.6 Å². The first-order chi connectivity index (χ1) is 7.74. The van der Waals surface area contributed by atoms with Crippen molar-refractivity contribution in [3.8, 4) is 0 Å². The topological polar surface area (TPSA) is 56.0 Å². The number of hydrogen-bond donors (Lipinski definition) is 1. The molecule has 0 aliphatic carbocycles. The van der Waals surface area contributed by atoms with Crippen molar-refractivity contribution in [3.05, 3.63) is 46.3 Å². The van der Waals surface area contributed by atoms with Crippen molar-refractivity contribution in [1.29, 1.82) is 0 Å². The first-order valence-corrected chi connectivity index (χ1v) is 5.86. The third kappa shape index (κ3) is 2.90. The first-order valence-electron chi connectivity index (χ1n) is 4.98.